The Kier molecular flexibility index (Phi) is 3.24. The molecule has 0 radical (unpaired) electrons. The molecular weight excluding hydrogens is 210 g/mol. The van der Waals surface area contributed by atoms with Crippen molar-refractivity contribution < 1.29 is 4.74 Å². The molecule has 0 saturated heterocycles. The van der Waals surface area contributed by atoms with Crippen LogP contribution in [0, 0.1) is 19.1 Å². The van der Waals surface area contributed by atoms with E-state index < -0.39 is 0 Å². The summed E-state index contributed by atoms with van der Waals surface area (Å²) in [6.07, 6.45) is 1.59. The van der Waals surface area contributed by atoms with Gasteiger partial charge in [-0.1, -0.05) is 29.8 Å². The third-order valence-electron chi connectivity index (χ3n) is 2.66. The molecule has 0 unspecified atom stereocenters. The zero-order chi connectivity index (χ0) is 12.3. The van der Waals surface area contributed by atoms with Crippen LogP contribution in [0.15, 0.2) is 48.5 Å². The molecule has 0 saturated carbocycles. The van der Waals surface area contributed by atoms with Crippen LogP contribution in [0.3, 0.4) is 0 Å². The summed E-state index contributed by atoms with van der Waals surface area (Å²) in [7, 11) is 0. The second-order valence-corrected chi connectivity index (χ2v) is 4.16. The van der Waals surface area contributed by atoms with E-state index in [2.05, 4.69) is 0 Å². The predicted octanol–water partition coefficient (Wildman–Crippen LogP) is 3.56. The van der Waals surface area contributed by atoms with Crippen molar-refractivity contribution in [1.29, 1.82) is 0 Å². The van der Waals surface area contributed by atoms with Crippen molar-refractivity contribution in [2.75, 3.05) is 0 Å². The molecule has 0 spiro atoms. The second kappa shape index (κ2) is 4.83. The Morgan fingerprint density at radius 2 is 1.71 bits per heavy atom. The normalized spacial score (nSPS) is 11.5. The van der Waals surface area contributed by atoms with E-state index >= 15 is 0 Å². The van der Waals surface area contributed by atoms with Crippen LogP contribution in [-0.2, 0) is 0 Å². The van der Waals surface area contributed by atoms with Gasteiger partial charge in [-0.15, -0.1) is 0 Å². The number of rotatable bonds is 2. The van der Waals surface area contributed by atoms with Crippen molar-refractivity contribution in [2.45, 2.75) is 13.8 Å². The molecule has 0 amide bonds. The zero-order valence-electron chi connectivity index (χ0n) is 10.1. The van der Waals surface area contributed by atoms with Gasteiger partial charge in [0.1, 0.15) is 0 Å². The predicted molar refractivity (Wildman–Crippen MR) is 70.8 cm³/mol. The van der Waals surface area contributed by atoms with E-state index in [-0.39, 0.29) is 0 Å². The topological polar surface area (TPSA) is 26.1 Å². The Balaban J connectivity index is 2.37. The SMILES string of the molecule is Cc1ccc([N+]([O-])=Cc2ccccc2)c(C)c1. The number of benzene rings is 2. The maximum absolute atomic E-state index is 12.0. The molecule has 17 heavy (non-hydrogen) atoms. The summed E-state index contributed by atoms with van der Waals surface area (Å²) in [5.74, 6) is 0. The highest BCUT2D eigenvalue weighted by Gasteiger charge is 2.06. The number of hydrogen-bond acceptors (Lipinski definition) is 1. The van der Waals surface area contributed by atoms with Crippen LogP contribution >= 0.6 is 0 Å². The van der Waals surface area contributed by atoms with Crippen molar-refractivity contribution in [2.24, 2.45) is 0 Å². The highest BCUT2D eigenvalue weighted by Crippen LogP contribution is 2.18. The lowest BCUT2D eigenvalue weighted by Crippen LogP contribution is -2.00. The highest BCUT2D eigenvalue weighted by atomic mass is 16.5. The van der Waals surface area contributed by atoms with Crippen molar-refractivity contribution in [3.8, 4) is 0 Å². The van der Waals surface area contributed by atoms with Crippen molar-refractivity contribution in [3.05, 3.63) is 70.4 Å². The van der Waals surface area contributed by atoms with Gasteiger partial charge in [-0.2, -0.15) is 4.74 Å². The maximum atomic E-state index is 12.0. The van der Waals surface area contributed by atoms with Crippen LogP contribution in [-0.4, -0.2) is 11.0 Å². The fraction of sp³-hybridized carbons (Fsp3) is 0.133. The Morgan fingerprint density at radius 3 is 2.35 bits per heavy atom. The fourth-order valence-electron chi connectivity index (χ4n) is 1.80. The summed E-state index contributed by atoms with van der Waals surface area (Å²) in [4.78, 5) is 0. The minimum Gasteiger partial charge on any atom is -0.618 e. The number of nitrogens with zero attached hydrogens (tertiary/aromatic N) is 1. The smallest absolute Gasteiger partial charge is 0.219 e. The molecule has 0 aliphatic rings. The monoisotopic (exact) mass is 225 g/mol. The highest BCUT2D eigenvalue weighted by molar-refractivity contribution is 5.76. The van der Waals surface area contributed by atoms with Crippen molar-refractivity contribution in [1.82, 2.24) is 0 Å². The van der Waals surface area contributed by atoms with E-state index in [4.69, 9.17) is 0 Å². The van der Waals surface area contributed by atoms with Gasteiger partial charge < -0.3 is 5.21 Å². The molecule has 0 aromatic heterocycles. The molecule has 2 aromatic rings. The van der Waals surface area contributed by atoms with Gasteiger partial charge in [-0.05, 0) is 32.0 Å². The molecule has 0 heterocycles. The molecule has 2 nitrogen and oxygen atoms in total. The van der Waals surface area contributed by atoms with E-state index in [1.54, 1.807) is 6.21 Å². The molecule has 0 bridgehead atoms. The Labute approximate surface area is 101 Å². The lowest BCUT2D eigenvalue weighted by Gasteiger charge is -2.06. The van der Waals surface area contributed by atoms with E-state index in [0.717, 1.165) is 15.9 Å². The van der Waals surface area contributed by atoms with Crippen molar-refractivity contribution in [3.63, 3.8) is 0 Å². The molecule has 2 heteroatoms. The van der Waals surface area contributed by atoms with Crippen LogP contribution in [0.5, 0.6) is 0 Å². The standard InChI is InChI=1S/C15H15NO/c1-12-8-9-15(13(2)10-12)16(17)11-14-6-4-3-5-7-14/h3-11H,1-2H3. The van der Waals surface area contributed by atoms with Gasteiger partial charge in [0.2, 0.25) is 5.69 Å². The summed E-state index contributed by atoms with van der Waals surface area (Å²) in [6.45, 7) is 3.97. The summed E-state index contributed by atoms with van der Waals surface area (Å²) >= 11 is 0. The minimum atomic E-state index is 0.694. The molecule has 2 rings (SSSR count). The van der Waals surface area contributed by atoms with Gasteiger partial charge in [-0.3, -0.25) is 0 Å². The molecular formula is C15H15NO. The molecule has 2 aromatic carbocycles. The fourth-order valence-corrected chi connectivity index (χ4v) is 1.80. The molecule has 0 fully saturated rings. The average Bonchev–Trinajstić information content (AvgIpc) is 2.30. The lowest BCUT2D eigenvalue weighted by atomic mass is 10.1. The first kappa shape index (κ1) is 11.4. The summed E-state index contributed by atoms with van der Waals surface area (Å²) < 4.78 is 0.921. The first-order chi connectivity index (χ1) is 8.16. The van der Waals surface area contributed by atoms with Gasteiger partial charge in [0, 0.05) is 17.2 Å². The van der Waals surface area contributed by atoms with Crippen molar-refractivity contribution >= 4 is 11.9 Å². The summed E-state index contributed by atoms with van der Waals surface area (Å²) in [5, 5.41) is 12.0. The van der Waals surface area contributed by atoms with Crippen LogP contribution in [0.4, 0.5) is 5.69 Å². The third kappa shape index (κ3) is 2.72. The Bertz CT molecular complexity index is 544. The van der Waals surface area contributed by atoms with Crippen LogP contribution < -0.4 is 0 Å². The minimum absolute atomic E-state index is 0.694. The van der Waals surface area contributed by atoms with E-state index in [1.807, 2.05) is 62.4 Å². The molecule has 86 valence electrons. The summed E-state index contributed by atoms with van der Waals surface area (Å²) in [5.41, 5.74) is 3.76. The van der Waals surface area contributed by atoms with E-state index in [1.165, 1.54) is 5.56 Å². The Hall–Kier alpha value is -2.09. The van der Waals surface area contributed by atoms with Crippen LogP contribution in [0.25, 0.3) is 0 Å². The van der Waals surface area contributed by atoms with Crippen LogP contribution in [0.2, 0.25) is 0 Å². The molecule has 0 aliphatic carbocycles. The number of aryl methyl sites for hydroxylation is 2. The molecule has 0 N–H and O–H groups in total. The first-order valence-corrected chi connectivity index (χ1v) is 5.60. The van der Waals surface area contributed by atoms with Crippen LogP contribution in [0.1, 0.15) is 16.7 Å². The van der Waals surface area contributed by atoms with Gasteiger partial charge >= 0.3 is 0 Å². The lowest BCUT2D eigenvalue weighted by molar-refractivity contribution is -0.355. The second-order valence-electron chi connectivity index (χ2n) is 4.16. The van der Waals surface area contributed by atoms with Gasteiger partial charge in [0.05, 0.1) is 0 Å². The largest absolute Gasteiger partial charge is 0.618 e. The maximum Gasteiger partial charge on any atom is 0.219 e. The third-order valence-corrected chi connectivity index (χ3v) is 2.66. The van der Waals surface area contributed by atoms with E-state index in [0.29, 0.717) is 5.69 Å². The molecule has 0 aliphatic heterocycles. The Morgan fingerprint density at radius 1 is 1.00 bits per heavy atom. The first-order valence-electron chi connectivity index (χ1n) is 5.60. The van der Waals surface area contributed by atoms with Gasteiger partial charge in [-0.25, -0.2) is 0 Å². The molecule has 0 atom stereocenters. The quantitative estimate of drug-likeness (QED) is 0.332. The van der Waals surface area contributed by atoms with E-state index in [9.17, 15) is 5.21 Å². The van der Waals surface area contributed by atoms with Gasteiger partial charge in [0.15, 0.2) is 6.21 Å². The number of hydrogen-bond donors (Lipinski definition) is 0. The summed E-state index contributed by atoms with van der Waals surface area (Å²) in [6, 6.07) is 15.4. The van der Waals surface area contributed by atoms with Gasteiger partial charge in [0.25, 0.3) is 0 Å². The zero-order valence-corrected chi connectivity index (χ0v) is 10.1. The average molecular weight is 225 g/mol.